The third-order valence-electron chi connectivity index (χ3n) is 3.30. The smallest absolute Gasteiger partial charge is 0.134 e. The van der Waals surface area contributed by atoms with Gasteiger partial charge >= 0.3 is 0 Å². The number of nitrogens with zero attached hydrogens (tertiary/aromatic N) is 3. The molecule has 0 aliphatic heterocycles. The van der Waals surface area contributed by atoms with Crippen LogP contribution in [0, 0.1) is 5.92 Å². The molecule has 108 valence electrons. The molecule has 1 aromatic heterocycles. The van der Waals surface area contributed by atoms with Crippen LogP contribution in [0.4, 0.5) is 11.6 Å². The largest absolute Gasteiger partial charge is 0.370 e. The fourth-order valence-corrected chi connectivity index (χ4v) is 1.87. The summed E-state index contributed by atoms with van der Waals surface area (Å²) in [6.07, 6.45) is 3.16. The standard InChI is InChI=1S/C15H28N4/c1-6-9-16-14-10-15(18-13(8-3)17-14)19(5)11-12(4)7-2/h10,12H,6-9,11H2,1-5H3,(H,16,17,18). The Hall–Kier alpha value is -1.32. The van der Waals surface area contributed by atoms with Crippen LogP contribution in [0.5, 0.6) is 0 Å². The molecule has 0 fully saturated rings. The molecule has 19 heavy (non-hydrogen) atoms. The molecule has 0 spiro atoms. The van der Waals surface area contributed by atoms with E-state index in [1.165, 1.54) is 6.42 Å². The maximum atomic E-state index is 4.62. The minimum Gasteiger partial charge on any atom is -0.370 e. The second-order valence-corrected chi connectivity index (χ2v) is 5.20. The van der Waals surface area contributed by atoms with E-state index in [4.69, 9.17) is 0 Å². The fraction of sp³-hybridized carbons (Fsp3) is 0.733. The molecule has 1 heterocycles. The lowest BCUT2D eigenvalue weighted by Crippen LogP contribution is -2.25. The fourth-order valence-electron chi connectivity index (χ4n) is 1.87. The maximum Gasteiger partial charge on any atom is 0.134 e. The summed E-state index contributed by atoms with van der Waals surface area (Å²) in [4.78, 5) is 11.4. The molecule has 0 aliphatic rings. The van der Waals surface area contributed by atoms with Gasteiger partial charge in [0.1, 0.15) is 17.5 Å². The van der Waals surface area contributed by atoms with Crippen molar-refractivity contribution in [1.82, 2.24) is 9.97 Å². The van der Waals surface area contributed by atoms with Crippen LogP contribution in [-0.2, 0) is 6.42 Å². The van der Waals surface area contributed by atoms with Crippen molar-refractivity contribution in [3.63, 3.8) is 0 Å². The van der Waals surface area contributed by atoms with Gasteiger partial charge in [-0.3, -0.25) is 0 Å². The molecule has 0 aliphatic carbocycles. The minimum atomic E-state index is 0.678. The van der Waals surface area contributed by atoms with Gasteiger partial charge in [0, 0.05) is 32.6 Å². The zero-order valence-corrected chi connectivity index (χ0v) is 13.0. The first-order valence-electron chi connectivity index (χ1n) is 7.43. The highest BCUT2D eigenvalue weighted by Crippen LogP contribution is 2.17. The molecule has 4 nitrogen and oxygen atoms in total. The Balaban J connectivity index is 2.85. The lowest BCUT2D eigenvalue weighted by Gasteiger charge is -2.22. The van der Waals surface area contributed by atoms with Crippen molar-refractivity contribution in [1.29, 1.82) is 0 Å². The van der Waals surface area contributed by atoms with Crippen LogP contribution < -0.4 is 10.2 Å². The summed E-state index contributed by atoms with van der Waals surface area (Å²) in [7, 11) is 2.11. The highest BCUT2D eigenvalue weighted by atomic mass is 15.2. The first-order valence-corrected chi connectivity index (χ1v) is 7.43. The normalized spacial score (nSPS) is 12.3. The first kappa shape index (κ1) is 15.7. The van der Waals surface area contributed by atoms with E-state index in [-0.39, 0.29) is 0 Å². The van der Waals surface area contributed by atoms with Crippen LogP contribution in [0.2, 0.25) is 0 Å². The SMILES string of the molecule is CCCNc1cc(N(C)CC(C)CC)nc(CC)n1. The van der Waals surface area contributed by atoms with Crippen molar-refractivity contribution in [3.8, 4) is 0 Å². The van der Waals surface area contributed by atoms with Crippen molar-refractivity contribution in [2.75, 3.05) is 30.4 Å². The van der Waals surface area contributed by atoms with Crippen LogP contribution in [-0.4, -0.2) is 30.1 Å². The monoisotopic (exact) mass is 264 g/mol. The Morgan fingerprint density at radius 1 is 1.26 bits per heavy atom. The van der Waals surface area contributed by atoms with Gasteiger partial charge in [0.15, 0.2) is 0 Å². The Bertz CT molecular complexity index is 378. The van der Waals surface area contributed by atoms with E-state index in [9.17, 15) is 0 Å². The summed E-state index contributed by atoms with van der Waals surface area (Å²) in [5.74, 6) is 3.55. The second kappa shape index (κ2) is 7.97. The van der Waals surface area contributed by atoms with Crippen LogP contribution in [0.3, 0.4) is 0 Å². The van der Waals surface area contributed by atoms with Crippen LogP contribution in [0.15, 0.2) is 6.07 Å². The summed E-state index contributed by atoms with van der Waals surface area (Å²) in [6.45, 7) is 10.7. The van der Waals surface area contributed by atoms with E-state index >= 15 is 0 Å². The summed E-state index contributed by atoms with van der Waals surface area (Å²) < 4.78 is 0. The average molecular weight is 264 g/mol. The number of aromatic nitrogens is 2. The maximum absolute atomic E-state index is 4.62. The van der Waals surface area contributed by atoms with E-state index in [0.717, 1.165) is 43.4 Å². The topological polar surface area (TPSA) is 41.0 Å². The van der Waals surface area contributed by atoms with Crippen molar-refractivity contribution in [2.24, 2.45) is 5.92 Å². The molecule has 0 aromatic carbocycles. The van der Waals surface area contributed by atoms with Crippen molar-refractivity contribution < 1.29 is 0 Å². The minimum absolute atomic E-state index is 0.678. The number of nitrogens with one attached hydrogen (secondary N) is 1. The van der Waals surface area contributed by atoms with Gasteiger partial charge in [-0.15, -0.1) is 0 Å². The van der Waals surface area contributed by atoms with Crippen molar-refractivity contribution >= 4 is 11.6 Å². The molecular formula is C15H28N4. The van der Waals surface area contributed by atoms with E-state index in [0.29, 0.717) is 5.92 Å². The molecule has 1 unspecified atom stereocenters. The highest BCUT2D eigenvalue weighted by molar-refractivity contribution is 5.49. The summed E-state index contributed by atoms with van der Waals surface area (Å²) in [5, 5.41) is 3.35. The number of rotatable bonds is 8. The molecule has 0 bridgehead atoms. The van der Waals surface area contributed by atoms with Gasteiger partial charge in [-0.25, -0.2) is 9.97 Å². The zero-order chi connectivity index (χ0) is 14.3. The number of aryl methyl sites for hydroxylation is 1. The summed E-state index contributed by atoms with van der Waals surface area (Å²) >= 11 is 0. The average Bonchev–Trinajstić information content (AvgIpc) is 2.44. The predicted octanol–water partition coefficient (Wildman–Crippen LogP) is 3.34. The van der Waals surface area contributed by atoms with E-state index in [2.05, 4.69) is 61.0 Å². The predicted molar refractivity (Wildman–Crippen MR) is 82.9 cm³/mol. The second-order valence-electron chi connectivity index (χ2n) is 5.20. The first-order chi connectivity index (χ1) is 9.10. The van der Waals surface area contributed by atoms with Gasteiger partial charge in [0.2, 0.25) is 0 Å². The van der Waals surface area contributed by atoms with Gasteiger partial charge in [-0.05, 0) is 12.3 Å². The van der Waals surface area contributed by atoms with Gasteiger partial charge in [0.25, 0.3) is 0 Å². The highest BCUT2D eigenvalue weighted by Gasteiger charge is 2.10. The Morgan fingerprint density at radius 3 is 2.58 bits per heavy atom. The van der Waals surface area contributed by atoms with Crippen molar-refractivity contribution in [2.45, 2.75) is 47.0 Å². The summed E-state index contributed by atoms with van der Waals surface area (Å²) in [6, 6.07) is 2.05. The third kappa shape index (κ3) is 5.05. The molecule has 1 N–H and O–H groups in total. The molecule has 0 radical (unpaired) electrons. The Kier molecular flexibility index (Phi) is 6.60. The molecule has 0 saturated carbocycles. The number of hydrogen-bond donors (Lipinski definition) is 1. The molecule has 0 saturated heterocycles. The lowest BCUT2D eigenvalue weighted by atomic mass is 10.1. The van der Waals surface area contributed by atoms with E-state index < -0.39 is 0 Å². The van der Waals surface area contributed by atoms with Crippen LogP contribution in [0.1, 0.15) is 46.4 Å². The van der Waals surface area contributed by atoms with E-state index in [1.807, 2.05) is 0 Å². The zero-order valence-electron chi connectivity index (χ0n) is 13.0. The summed E-state index contributed by atoms with van der Waals surface area (Å²) in [5.41, 5.74) is 0. The molecule has 4 heteroatoms. The Morgan fingerprint density at radius 2 is 2.00 bits per heavy atom. The van der Waals surface area contributed by atoms with Crippen LogP contribution in [0.25, 0.3) is 0 Å². The van der Waals surface area contributed by atoms with E-state index in [1.54, 1.807) is 0 Å². The van der Waals surface area contributed by atoms with Crippen molar-refractivity contribution in [3.05, 3.63) is 11.9 Å². The quantitative estimate of drug-likeness (QED) is 0.782. The molecule has 1 aromatic rings. The number of anilines is 2. The third-order valence-corrected chi connectivity index (χ3v) is 3.30. The van der Waals surface area contributed by atoms with Gasteiger partial charge in [-0.2, -0.15) is 0 Å². The molecule has 0 amide bonds. The van der Waals surface area contributed by atoms with Gasteiger partial charge in [-0.1, -0.05) is 34.1 Å². The molecule has 1 atom stereocenters. The number of hydrogen-bond acceptors (Lipinski definition) is 4. The van der Waals surface area contributed by atoms with Gasteiger partial charge in [0.05, 0.1) is 0 Å². The van der Waals surface area contributed by atoms with Gasteiger partial charge < -0.3 is 10.2 Å². The lowest BCUT2D eigenvalue weighted by molar-refractivity contribution is 0.557. The molecular weight excluding hydrogens is 236 g/mol. The Labute approximate surface area is 117 Å². The van der Waals surface area contributed by atoms with Crippen LogP contribution >= 0.6 is 0 Å². The molecule has 1 rings (SSSR count).